The van der Waals surface area contributed by atoms with Crippen molar-refractivity contribution in [2.24, 2.45) is 0 Å². The minimum absolute atomic E-state index is 0.0741. The number of nitrogens with zero attached hydrogens (tertiary/aromatic N) is 1. The maximum absolute atomic E-state index is 13.5. The molecule has 2 rings (SSSR count). The molecule has 1 aliphatic rings. The quantitative estimate of drug-likeness (QED) is 0.842. The van der Waals surface area contributed by atoms with Crippen molar-refractivity contribution in [3.8, 4) is 5.75 Å². The molecule has 4 nitrogen and oxygen atoms in total. The van der Waals surface area contributed by atoms with E-state index in [0.29, 0.717) is 12.6 Å². The summed E-state index contributed by atoms with van der Waals surface area (Å²) in [5.41, 5.74) is -0.0741. The van der Waals surface area contributed by atoms with E-state index < -0.39 is 11.8 Å². The molecule has 1 aliphatic carbocycles. The largest absolute Gasteiger partial charge is 0.489 e. The number of carboxylic acid groups (broad SMARTS) is 1. The van der Waals surface area contributed by atoms with E-state index in [1.54, 1.807) is 0 Å². The van der Waals surface area contributed by atoms with Gasteiger partial charge in [-0.3, -0.25) is 0 Å². The zero-order valence-electron chi connectivity index (χ0n) is 10.2. The van der Waals surface area contributed by atoms with Gasteiger partial charge in [-0.15, -0.1) is 0 Å². The van der Waals surface area contributed by atoms with E-state index >= 15 is 0 Å². The number of rotatable bonds is 6. The van der Waals surface area contributed by atoms with E-state index in [9.17, 15) is 9.18 Å². The summed E-state index contributed by atoms with van der Waals surface area (Å²) in [6.07, 6.45) is 2.44. The van der Waals surface area contributed by atoms with Crippen molar-refractivity contribution < 1.29 is 19.0 Å². The van der Waals surface area contributed by atoms with Gasteiger partial charge in [-0.2, -0.15) is 0 Å². The maximum atomic E-state index is 13.5. The van der Waals surface area contributed by atoms with Crippen LogP contribution in [0.2, 0.25) is 0 Å². The first-order chi connectivity index (χ1) is 8.58. The van der Waals surface area contributed by atoms with Crippen LogP contribution < -0.4 is 4.74 Å². The van der Waals surface area contributed by atoms with Gasteiger partial charge in [-0.25, -0.2) is 9.18 Å². The van der Waals surface area contributed by atoms with E-state index in [4.69, 9.17) is 9.84 Å². The Kier molecular flexibility index (Phi) is 3.81. The summed E-state index contributed by atoms with van der Waals surface area (Å²) >= 11 is 0. The van der Waals surface area contributed by atoms with Crippen molar-refractivity contribution in [2.45, 2.75) is 18.9 Å². The number of hydrogen-bond acceptors (Lipinski definition) is 3. The van der Waals surface area contributed by atoms with Crippen LogP contribution in [-0.2, 0) is 0 Å². The highest BCUT2D eigenvalue weighted by Gasteiger charge is 2.25. The molecule has 5 heteroatoms. The molecule has 1 aromatic rings. The topological polar surface area (TPSA) is 49.8 Å². The van der Waals surface area contributed by atoms with Gasteiger partial charge in [0.15, 0.2) is 11.6 Å². The Morgan fingerprint density at radius 3 is 2.83 bits per heavy atom. The summed E-state index contributed by atoms with van der Waals surface area (Å²) in [5.74, 6) is -1.68. The van der Waals surface area contributed by atoms with E-state index in [1.165, 1.54) is 25.0 Å². The minimum Gasteiger partial charge on any atom is -0.489 e. The molecule has 1 N–H and O–H groups in total. The number of halogens is 1. The van der Waals surface area contributed by atoms with E-state index in [-0.39, 0.29) is 11.3 Å². The molecule has 1 fully saturated rings. The van der Waals surface area contributed by atoms with Crippen LogP contribution in [0.1, 0.15) is 23.2 Å². The van der Waals surface area contributed by atoms with Crippen molar-refractivity contribution in [3.63, 3.8) is 0 Å². The number of benzene rings is 1. The van der Waals surface area contributed by atoms with Gasteiger partial charge in [0, 0.05) is 12.6 Å². The Morgan fingerprint density at radius 1 is 1.56 bits per heavy atom. The fraction of sp³-hybridized carbons (Fsp3) is 0.462. The molecule has 0 atom stereocenters. The summed E-state index contributed by atoms with van der Waals surface area (Å²) < 4.78 is 18.8. The number of ether oxygens (including phenoxy) is 1. The third-order valence-electron chi connectivity index (χ3n) is 3.05. The summed E-state index contributed by atoms with van der Waals surface area (Å²) in [4.78, 5) is 12.8. The van der Waals surface area contributed by atoms with Gasteiger partial charge < -0.3 is 14.7 Å². The molecule has 0 spiro atoms. The molecule has 0 radical (unpaired) electrons. The summed E-state index contributed by atoms with van der Waals surface area (Å²) in [5, 5.41) is 8.70. The zero-order valence-corrected chi connectivity index (χ0v) is 10.2. The average Bonchev–Trinajstić information content (AvgIpc) is 3.14. The van der Waals surface area contributed by atoms with Crippen molar-refractivity contribution in [2.75, 3.05) is 20.2 Å². The molecule has 0 bridgehead atoms. The summed E-state index contributed by atoms with van der Waals surface area (Å²) in [6.45, 7) is 1.14. The van der Waals surface area contributed by atoms with Crippen molar-refractivity contribution in [1.82, 2.24) is 4.90 Å². The zero-order chi connectivity index (χ0) is 13.1. The highest BCUT2D eigenvalue weighted by atomic mass is 19.1. The fourth-order valence-electron chi connectivity index (χ4n) is 1.75. The molecule has 1 saturated carbocycles. The van der Waals surface area contributed by atoms with Gasteiger partial charge >= 0.3 is 5.97 Å². The standard InChI is InChI=1S/C13H16FNO3/c1-15(10-3-4-10)6-7-18-12-5-2-9(13(16)17)8-11(12)14/h2,5,8,10H,3-4,6-7H2,1H3,(H,16,17). The first-order valence-electron chi connectivity index (χ1n) is 5.94. The second kappa shape index (κ2) is 5.35. The fourth-order valence-corrected chi connectivity index (χ4v) is 1.75. The smallest absolute Gasteiger partial charge is 0.335 e. The highest BCUT2D eigenvalue weighted by Crippen LogP contribution is 2.25. The lowest BCUT2D eigenvalue weighted by Crippen LogP contribution is -2.26. The second-order valence-corrected chi connectivity index (χ2v) is 4.51. The van der Waals surface area contributed by atoms with Crippen molar-refractivity contribution in [1.29, 1.82) is 0 Å². The van der Waals surface area contributed by atoms with Crippen LogP contribution in [0, 0.1) is 5.82 Å². The lowest BCUT2D eigenvalue weighted by molar-refractivity contribution is 0.0696. The van der Waals surface area contributed by atoms with Crippen LogP contribution in [0.5, 0.6) is 5.75 Å². The van der Waals surface area contributed by atoms with Crippen molar-refractivity contribution >= 4 is 5.97 Å². The van der Waals surface area contributed by atoms with Crippen LogP contribution in [-0.4, -0.2) is 42.2 Å². The minimum atomic E-state index is -1.14. The molecular formula is C13H16FNO3. The predicted molar refractivity (Wildman–Crippen MR) is 64.5 cm³/mol. The molecule has 0 aromatic heterocycles. The number of aromatic carboxylic acids is 1. The number of likely N-dealkylation sites (N-methyl/N-ethyl adjacent to an activating group) is 1. The third kappa shape index (κ3) is 3.20. The molecule has 0 amide bonds. The number of carbonyl (C=O) groups is 1. The molecule has 0 unspecified atom stereocenters. The Labute approximate surface area is 105 Å². The lowest BCUT2D eigenvalue weighted by Gasteiger charge is -2.16. The van der Waals surface area contributed by atoms with Gasteiger partial charge in [0.1, 0.15) is 6.61 Å². The predicted octanol–water partition coefficient (Wildman–Crippen LogP) is 2.00. The van der Waals surface area contributed by atoms with Gasteiger partial charge in [-0.1, -0.05) is 0 Å². The molecular weight excluding hydrogens is 237 g/mol. The molecule has 0 heterocycles. The van der Waals surface area contributed by atoms with Crippen LogP contribution in [0.4, 0.5) is 4.39 Å². The van der Waals surface area contributed by atoms with E-state index in [0.717, 1.165) is 12.6 Å². The summed E-state index contributed by atoms with van der Waals surface area (Å²) in [6, 6.07) is 4.32. The number of carboxylic acids is 1. The number of hydrogen-bond donors (Lipinski definition) is 1. The van der Waals surface area contributed by atoms with Gasteiger partial charge in [0.2, 0.25) is 0 Å². The van der Waals surface area contributed by atoms with E-state index in [2.05, 4.69) is 4.90 Å². The van der Waals surface area contributed by atoms with Crippen LogP contribution in [0.25, 0.3) is 0 Å². The third-order valence-corrected chi connectivity index (χ3v) is 3.05. The highest BCUT2D eigenvalue weighted by molar-refractivity contribution is 5.87. The van der Waals surface area contributed by atoms with Gasteiger partial charge in [-0.05, 0) is 38.1 Å². The molecule has 98 valence electrons. The van der Waals surface area contributed by atoms with Gasteiger partial charge in [0.05, 0.1) is 5.56 Å². The normalized spacial score (nSPS) is 14.8. The summed E-state index contributed by atoms with van der Waals surface area (Å²) in [7, 11) is 2.02. The average molecular weight is 253 g/mol. The molecule has 0 aliphatic heterocycles. The van der Waals surface area contributed by atoms with Crippen molar-refractivity contribution in [3.05, 3.63) is 29.6 Å². The van der Waals surface area contributed by atoms with Gasteiger partial charge in [0.25, 0.3) is 0 Å². The molecule has 0 saturated heterocycles. The lowest BCUT2D eigenvalue weighted by atomic mass is 10.2. The van der Waals surface area contributed by atoms with Crippen LogP contribution in [0.15, 0.2) is 18.2 Å². The Bertz CT molecular complexity index is 446. The molecule has 1 aromatic carbocycles. The van der Waals surface area contributed by atoms with Crippen LogP contribution >= 0.6 is 0 Å². The Balaban J connectivity index is 1.86. The SMILES string of the molecule is CN(CCOc1ccc(C(=O)O)cc1F)C1CC1. The Hall–Kier alpha value is -1.62. The van der Waals surface area contributed by atoms with Crippen LogP contribution in [0.3, 0.4) is 0 Å². The first-order valence-corrected chi connectivity index (χ1v) is 5.94. The maximum Gasteiger partial charge on any atom is 0.335 e. The second-order valence-electron chi connectivity index (χ2n) is 4.51. The van der Waals surface area contributed by atoms with E-state index in [1.807, 2.05) is 7.05 Å². The first kappa shape index (κ1) is 12.8. The Morgan fingerprint density at radius 2 is 2.28 bits per heavy atom. The monoisotopic (exact) mass is 253 g/mol. The molecule has 18 heavy (non-hydrogen) atoms.